The first-order valence-corrected chi connectivity index (χ1v) is 16.6. The molecule has 4 aromatic rings. The molecule has 0 amide bonds. The molecular formula is C36H37F4N5O5. The molecule has 7 rings (SSSR count). The molecule has 2 aromatic heterocycles. The van der Waals surface area contributed by atoms with Crippen LogP contribution in [0.2, 0.25) is 0 Å². The fourth-order valence-corrected chi connectivity index (χ4v) is 8.07. The van der Waals surface area contributed by atoms with Gasteiger partial charge in [0.15, 0.2) is 5.82 Å². The minimum Gasteiger partial charge on any atom is -0.508 e. The van der Waals surface area contributed by atoms with E-state index in [4.69, 9.17) is 20.6 Å². The first kappa shape index (κ1) is 34.0. The van der Waals surface area contributed by atoms with Crippen molar-refractivity contribution < 1.29 is 42.0 Å². The molecule has 3 unspecified atom stereocenters. The lowest BCUT2D eigenvalue weighted by atomic mass is 9.76. The molecule has 2 aliphatic heterocycles. The summed E-state index contributed by atoms with van der Waals surface area (Å²) in [5.74, 6) is -0.728. The van der Waals surface area contributed by atoms with Crippen molar-refractivity contribution >= 4 is 27.5 Å². The van der Waals surface area contributed by atoms with Crippen LogP contribution in [0.1, 0.15) is 44.6 Å². The highest BCUT2D eigenvalue weighted by Crippen LogP contribution is 2.48. The van der Waals surface area contributed by atoms with Crippen LogP contribution in [-0.2, 0) is 4.74 Å². The van der Waals surface area contributed by atoms with Crippen molar-refractivity contribution in [3.63, 3.8) is 0 Å². The number of rotatable bonds is 7. The lowest BCUT2D eigenvalue weighted by molar-refractivity contribution is -0.0517. The van der Waals surface area contributed by atoms with Gasteiger partial charge in [-0.15, -0.1) is 6.42 Å². The third kappa shape index (κ3) is 6.12. The molecule has 0 radical (unpaired) electrons. The number of anilines is 1. The van der Waals surface area contributed by atoms with Crippen molar-refractivity contribution in [3.8, 4) is 41.2 Å². The Morgan fingerprint density at radius 1 is 1.12 bits per heavy atom. The van der Waals surface area contributed by atoms with Gasteiger partial charge >= 0.3 is 12.6 Å². The van der Waals surface area contributed by atoms with Crippen LogP contribution in [0.5, 0.6) is 17.6 Å². The highest BCUT2D eigenvalue weighted by Gasteiger charge is 2.47. The zero-order valence-corrected chi connectivity index (χ0v) is 27.7. The zero-order valence-electron chi connectivity index (χ0n) is 27.7. The second-order valence-electron chi connectivity index (χ2n) is 13.8. The molecule has 0 bridgehead atoms. The topological polar surface area (TPSA) is 113 Å². The maximum Gasteiger partial charge on any atom is 0.388 e. The van der Waals surface area contributed by atoms with E-state index in [1.165, 1.54) is 12.1 Å². The van der Waals surface area contributed by atoms with E-state index in [9.17, 15) is 23.4 Å². The Morgan fingerprint density at radius 3 is 2.70 bits per heavy atom. The number of β-amino-alcohol motifs (C(OH)–C–C–N with tert-alkyl or cyclic N) is 1. The number of halogens is 4. The summed E-state index contributed by atoms with van der Waals surface area (Å²) < 4.78 is 77.1. The van der Waals surface area contributed by atoms with Crippen LogP contribution in [0.15, 0.2) is 24.3 Å². The van der Waals surface area contributed by atoms with E-state index in [1.807, 2.05) is 0 Å². The average Bonchev–Trinajstić information content (AvgIpc) is 3.42. The number of piperidine rings is 1. The van der Waals surface area contributed by atoms with Crippen LogP contribution in [0.25, 0.3) is 32.9 Å². The number of likely N-dealkylation sites (tertiary alicyclic amines) is 1. The highest BCUT2D eigenvalue weighted by atomic mass is 19.3. The quantitative estimate of drug-likeness (QED) is 0.186. The number of fused-ring (bicyclic) bond motifs is 3. The van der Waals surface area contributed by atoms with Crippen molar-refractivity contribution in [2.45, 2.75) is 57.3 Å². The summed E-state index contributed by atoms with van der Waals surface area (Å²) >= 11 is 0. The van der Waals surface area contributed by atoms with E-state index in [1.54, 1.807) is 11.8 Å². The summed E-state index contributed by atoms with van der Waals surface area (Å²) in [5.41, 5.74) is -3.00. The Kier molecular flexibility index (Phi) is 8.86. The number of hydrogen-bond donors (Lipinski definition) is 2. The SMILES string of the molecule is C#Cc1c(F)ccc2cc(O)cc(-c3nc(OC(F)F)c4c(N5CCOCC(C)(O)C5)nc(OCC56CCCC5N(C)CCC6)nc4c3F)c12. The second kappa shape index (κ2) is 13.0. The summed E-state index contributed by atoms with van der Waals surface area (Å²) in [6.45, 7) is -0.406. The van der Waals surface area contributed by atoms with Crippen LogP contribution in [-0.4, -0.2) is 94.8 Å². The average molecular weight is 696 g/mol. The van der Waals surface area contributed by atoms with Crippen molar-refractivity contribution in [3.05, 3.63) is 41.5 Å². The van der Waals surface area contributed by atoms with Gasteiger partial charge in [-0.1, -0.05) is 18.4 Å². The molecular weight excluding hydrogens is 658 g/mol. The van der Waals surface area contributed by atoms with Gasteiger partial charge in [-0.05, 0) is 69.8 Å². The third-order valence-corrected chi connectivity index (χ3v) is 10.2. The van der Waals surface area contributed by atoms with E-state index >= 15 is 4.39 Å². The number of hydrogen-bond acceptors (Lipinski definition) is 10. The standard InChI is InChI=1S/C36H37F4N5O5/c1-4-22-24(37)9-8-20-15-21(46)16-23(26(20)22)29-28(38)30-27(32(41-29)50-33(39)40)31(45-13-14-48-18-35(2,47)17-45)43-34(42-30)49-19-36-10-5-7-25(36)44(3)12-6-11-36/h1,8-9,15-16,25,33,46-47H,5-7,10-14,17-19H2,2-3H3. The lowest BCUT2D eigenvalue weighted by Gasteiger charge is -2.44. The van der Waals surface area contributed by atoms with Gasteiger partial charge in [-0.3, -0.25) is 0 Å². The number of terminal acetylenes is 1. The number of pyridine rings is 1. The van der Waals surface area contributed by atoms with Gasteiger partial charge in [0.1, 0.15) is 39.6 Å². The number of benzene rings is 2. The van der Waals surface area contributed by atoms with Gasteiger partial charge in [0, 0.05) is 29.0 Å². The fraction of sp³-hybridized carbons (Fsp3) is 0.472. The molecule has 2 aromatic carbocycles. The molecule has 1 aliphatic carbocycles. The van der Waals surface area contributed by atoms with Crippen LogP contribution in [0.4, 0.5) is 23.4 Å². The Hall–Kier alpha value is -4.45. The number of alkyl halides is 2. The summed E-state index contributed by atoms with van der Waals surface area (Å²) in [6.07, 6.45) is 10.6. The number of aliphatic hydroxyl groups is 1. The lowest BCUT2D eigenvalue weighted by Crippen LogP contribution is -2.50. The minimum absolute atomic E-state index is 0.0108. The molecule has 0 spiro atoms. The van der Waals surface area contributed by atoms with Crippen LogP contribution >= 0.6 is 0 Å². The van der Waals surface area contributed by atoms with Crippen molar-refractivity contribution in [1.29, 1.82) is 0 Å². The summed E-state index contributed by atoms with van der Waals surface area (Å²) in [5, 5.41) is 21.6. The molecule has 3 fully saturated rings. The number of nitrogens with zero attached hydrogens (tertiary/aromatic N) is 5. The van der Waals surface area contributed by atoms with E-state index < -0.39 is 40.9 Å². The van der Waals surface area contributed by atoms with E-state index in [-0.39, 0.29) is 89.2 Å². The first-order valence-electron chi connectivity index (χ1n) is 16.6. The largest absolute Gasteiger partial charge is 0.508 e. The van der Waals surface area contributed by atoms with Gasteiger partial charge in [-0.2, -0.15) is 18.7 Å². The summed E-state index contributed by atoms with van der Waals surface area (Å²) in [6, 6.07) is 4.97. The fourth-order valence-electron chi connectivity index (χ4n) is 8.07. The molecule has 264 valence electrons. The van der Waals surface area contributed by atoms with E-state index in [2.05, 4.69) is 32.8 Å². The Morgan fingerprint density at radius 2 is 1.92 bits per heavy atom. The molecule has 2 N–H and O–H groups in total. The van der Waals surface area contributed by atoms with Crippen molar-refractivity contribution in [1.82, 2.24) is 19.9 Å². The minimum atomic E-state index is -3.40. The molecule has 10 nitrogen and oxygen atoms in total. The molecule has 50 heavy (non-hydrogen) atoms. The normalized spacial score (nSPS) is 24.4. The summed E-state index contributed by atoms with van der Waals surface area (Å²) in [4.78, 5) is 17.2. The maximum absolute atomic E-state index is 17.1. The number of phenols is 1. The van der Waals surface area contributed by atoms with E-state index in [0.29, 0.717) is 0 Å². The predicted octanol–water partition coefficient (Wildman–Crippen LogP) is 5.64. The number of aromatic nitrogens is 3. The summed E-state index contributed by atoms with van der Waals surface area (Å²) in [7, 11) is 2.10. The van der Waals surface area contributed by atoms with E-state index in [0.717, 1.165) is 50.8 Å². The predicted molar refractivity (Wildman–Crippen MR) is 178 cm³/mol. The van der Waals surface area contributed by atoms with Gasteiger partial charge in [0.05, 0.1) is 31.9 Å². The number of aromatic hydroxyl groups is 1. The number of phenolic OH excluding ortho intramolecular Hbond substituents is 1. The first-order chi connectivity index (χ1) is 23.9. The highest BCUT2D eigenvalue weighted by molar-refractivity contribution is 6.04. The van der Waals surface area contributed by atoms with Crippen LogP contribution in [0, 0.1) is 29.4 Å². The molecule has 3 aliphatic rings. The second-order valence-corrected chi connectivity index (χ2v) is 13.8. The monoisotopic (exact) mass is 695 g/mol. The van der Waals surface area contributed by atoms with Gasteiger partial charge < -0.3 is 34.2 Å². The molecule has 1 saturated carbocycles. The molecule has 3 atom stereocenters. The van der Waals surface area contributed by atoms with Crippen LogP contribution in [0.3, 0.4) is 0 Å². The Balaban J connectivity index is 1.47. The van der Waals surface area contributed by atoms with Gasteiger partial charge in [-0.25, -0.2) is 13.8 Å². The third-order valence-electron chi connectivity index (χ3n) is 10.2. The Bertz CT molecular complexity index is 2010. The number of ether oxygens (including phenoxy) is 3. The van der Waals surface area contributed by atoms with Gasteiger partial charge in [0.2, 0.25) is 5.88 Å². The maximum atomic E-state index is 17.1. The van der Waals surface area contributed by atoms with Crippen molar-refractivity contribution in [2.24, 2.45) is 5.41 Å². The Labute approximate surface area is 286 Å². The van der Waals surface area contributed by atoms with Gasteiger partial charge in [0.25, 0.3) is 0 Å². The van der Waals surface area contributed by atoms with Crippen LogP contribution < -0.4 is 14.4 Å². The molecule has 2 saturated heterocycles. The molecule has 4 heterocycles. The smallest absolute Gasteiger partial charge is 0.388 e. The molecule has 14 heteroatoms. The zero-order chi connectivity index (χ0) is 35.4. The van der Waals surface area contributed by atoms with Crippen molar-refractivity contribution in [2.75, 3.05) is 51.4 Å².